The number of aliphatic hydroxyl groups is 1. The summed E-state index contributed by atoms with van der Waals surface area (Å²) in [6.07, 6.45) is 0. The van der Waals surface area contributed by atoms with Crippen LogP contribution in [0.3, 0.4) is 0 Å². The Kier molecular flexibility index (Phi) is 3.78. The van der Waals surface area contributed by atoms with E-state index in [9.17, 15) is 0 Å². The van der Waals surface area contributed by atoms with Crippen molar-refractivity contribution in [1.82, 2.24) is 0 Å². The van der Waals surface area contributed by atoms with Gasteiger partial charge in [0, 0.05) is 5.56 Å². The number of halogens is 1. The summed E-state index contributed by atoms with van der Waals surface area (Å²) in [5, 5.41) is 9.70. The zero-order chi connectivity index (χ0) is 10.7. The second-order valence-corrected chi connectivity index (χ2v) is 3.92. The first-order valence-electron chi connectivity index (χ1n) is 4.57. The maximum absolute atomic E-state index is 9.14. The minimum absolute atomic E-state index is 0.0521. The topological polar surface area (TPSA) is 29.5 Å². The Bertz CT molecular complexity index is 321. The molecular formula is C11H15ClO2. The lowest BCUT2D eigenvalue weighted by molar-refractivity contribution is 0.273. The molecule has 0 saturated carbocycles. The molecule has 1 rings (SSSR count). The van der Waals surface area contributed by atoms with Gasteiger partial charge in [0.05, 0.1) is 18.7 Å². The summed E-state index contributed by atoms with van der Waals surface area (Å²) in [7, 11) is 1.55. The van der Waals surface area contributed by atoms with Crippen molar-refractivity contribution in [2.24, 2.45) is 0 Å². The van der Waals surface area contributed by atoms with Crippen LogP contribution < -0.4 is 4.74 Å². The van der Waals surface area contributed by atoms with E-state index in [1.807, 2.05) is 12.1 Å². The van der Waals surface area contributed by atoms with Crippen LogP contribution in [-0.2, 0) is 6.61 Å². The van der Waals surface area contributed by atoms with Gasteiger partial charge in [-0.05, 0) is 23.6 Å². The molecule has 1 N–H and O–H groups in total. The zero-order valence-corrected chi connectivity index (χ0v) is 9.43. The van der Waals surface area contributed by atoms with Gasteiger partial charge in [-0.3, -0.25) is 0 Å². The largest absolute Gasteiger partial charge is 0.495 e. The second-order valence-electron chi connectivity index (χ2n) is 3.51. The van der Waals surface area contributed by atoms with Crippen LogP contribution in [0.1, 0.15) is 30.9 Å². The fraction of sp³-hybridized carbons (Fsp3) is 0.455. The van der Waals surface area contributed by atoms with Crippen molar-refractivity contribution in [3.63, 3.8) is 0 Å². The molecule has 0 saturated heterocycles. The van der Waals surface area contributed by atoms with E-state index in [1.165, 1.54) is 0 Å². The van der Waals surface area contributed by atoms with Crippen LogP contribution in [0.25, 0.3) is 0 Å². The average molecular weight is 215 g/mol. The highest BCUT2D eigenvalue weighted by atomic mass is 35.5. The van der Waals surface area contributed by atoms with Gasteiger partial charge in [0.1, 0.15) is 5.75 Å². The number of aliphatic hydroxyl groups excluding tert-OH is 1. The minimum Gasteiger partial charge on any atom is -0.495 e. The minimum atomic E-state index is -0.0521. The van der Waals surface area contributed by atoms with E-state index in [4.69, 9.17) is 21.4 Å². The normalized spacial score (nSPS) is 10.7. The maximum Gasteiger partial charge on any atom is 0.142 e. The monoisotopic (exact) mass is 214 g/mol. The zero-order valence-electron chi connectivity index (χ0n) is 8.67. The van der Waals surface area contributed by atoms with E-state index >= 15 is 0 Å². The Morgan fingerprint density at radius 3 is 2.50 bits per heavy atom. The Morgan fingerprint density at radius 1 is 1.43 bits per heavy atom. The van der Waals surface area contributed by atoms with Crippen molar-refractivity contribution >= 4 is 11.6 Å². The molecule has 0 aliphatic rings. The standard InChI is InChI=1S/C11H15ClO2/c1-7(2)8-4-9(6-13)11(14-3)10(12)5-8/h4-5,7,13H,6H2,1-3H3. The quantitative estimate of drug-likeness (QED) is 0.839. The van der Waals surface area contributed by atoms with Crippen LogP contribution in [0, 0.1) is 0 Å². The highest BCUT2D eigenvalue weighted by Crippen LogP contribution is 2.32. The molecule has 0 atom stereocenters. The molecule has 14 heavy (non-hydrogen) atoms. The first kappa shape index (κ1) is 11.3. The van der Waals surface area contributed by atoms with Gasteiger partial charge in [-0.1, -0.05) is 25.4 Å². The summed E-state index contributed by atoms with van der Waals surface area (Å²) in [5.41, 5.74) is 1.85. The van der Waals surface area contributed by atoms with Crippen molar-refractivity contribution in [3.8, 4) is 5.75 Å². The van der Waals surface area contributed by atoms with E-state index in [0.29, 0.717) is 16.7 Å². The highest BCUT2D eigenvalue weighted by molar-refractivity contribution is 6.32. The van der Waals surface area contributed by atoms with Crippen LogP contribution in [-0.4, -0.2) is 12.2 Å². The molecule has 0 spiro atoms. The predicted octanol–water partition coefficient (Wildman–Crippen LogP) is 2.96. The van der Waals surface area contributed by atoms with E-state index in [1.54, 1.807) is 7.11 Å². The Labute approximate surface area is 89.5 Å². The molecule has 0 heterocycles. The summed E-state index contributed by atoms with van der Waals surface area (Å²) in [6.45, 7) is 4.11. The number of benzene rings is 1. The van der Waals surface area contributed by atoms with Crippen LogP contribution in [0.4, 0.5) is 0 Å². The molecule has 1 aromatic rings. The van der Waals surface area contributed by atoms with Crippen LogP contribution >= 0.6 is 11.6 Å². The molecule has 0 fully saturated rings. The summed E-state index contributed by atoms with van der Waals surface area (Å²) in [6, 6.07) is 3.81. The fourth-order valence-corrected chi connectivity index (χ4v) is 1.68. The number of hydrogen-bond acceptors (Lipinski definition) is 2. The third kappa shape index (κ3) is 2.20. The van der Waals surface area contributed by atoms with Crippen molar-refractivity contribution in [3.05, 3.63) is 28.3 Å². The highest BCUT2D eigenvalue weighted by Gasteiger charge is 2.10. The van der Waals surface area contributed by atoms with Gasteiger partial charge >= 0.3 is 0 Å². The number of rotatable bonds is 3. The SMILES string of the molecule is COc1c(Cl)cc(C(C)C)cc1CO. The molecule has 78 valence electrons. The van der Waals surface area contributed by atoms with Crippen LogP contribution in [0.15, 0.2) is 12.1 Å². The molecule has 0 aromatic heterocycles. The van der Waals surface area contributed by atoms with E-state index in [-0.39, 0.29) is 6.61 Å². The van der Waals surface area contributed by atoms with Crippen molar-refractivity contribution in [1.29, 1.82) is 0 Å². The number of methoxy groups -OCH3 is 1. The maximum atomic E-state index is 9.14. The van der Waals surface area contributed by atoms with Crippen molar-refractivity contribution in [2.75, 3.05) is 7.11 Å². The third-order valence-corrected chi connectivity index (χ3v) is 2.46. The molecule has 0 amide bonds. The van der Waals surface area contributed by atoms with E-state index in [0.717, 1.165) is 11.1 Å². The first-order valence-corrected chi connectivity index (χ1v) is 4.95. The van der Waals surface area contributed by atoms with E-state index in [2.05, 4.69) is 13.8 Å². The number of hydrogen-bond donors (Lipinski definition) is 1. The molecule has 0 aliphatic heterocycles. The lowest BCUT2D eigenvalue weighted by Crippen LogP contribution is -1.96. The lowest BCUT2D eigenvalue weighted by Gasteiger charge is -2.13. The third-order valence-electron chi connectivity index (χ3n) is 2.18. The number of ether oxygens (including phenoxy) is 1. The summed E-state index contributed by atoms with van der Waals surface area (Å²) < 4.78 is 5.11. The summed E-state index contributed by atoms with van der Waals surface area (Å²) in [5.74, 6) is 0.960. The Hall–Kier alpha value is -0.730. The van der Waals surface area contributed by atoms with Crippen molar-refractivity contribution < 1.29 is 9.84 Å². The van der Waals surface area contributed by atoms with E-state index < -0.39 is 0 Å². The van der Waals surface area contributed by atoms with Gasteiger partial charge in [-0.25, -0.2) is 0 Å². The average Bonchev–Trinajstić information content (AvgIpc) is 2.16. The first-order chi connectivity index (χ1) is 6.60. The predicted molar refractivity (Wildman–Crippen MR) is 58.0 cm³/mol. The summed E-state index contributed by atoms with van der Waals surface area (Å²) in [4.78, 5) is 0. The molecular weight excluding hydrogens is 200 g/mol. The van der Waals surface area contributed by atoms with Gasteiger partial charge in [-0.15, -0.1) is 0 Å². The molecule has 3 heteroatoms. The second kappa shape index (κ2) is 4.67. The fourth-order valence-electron chi connectivity index (χ4n) is 1.35. The van der Waals surface area contributed by atoms with Gasteiger partial charge in [-0.2, -0.15) is 0 Å². The molecule has 0 radical (unpaired) electrons. The molecule has 1 aromatic carbocycles. The van der Waals surface area contributed by atoms with Gasteiger partial charge in [0.2, 0.25) is 0 Å². The molecule has 0 bridgehead atoms. The molecule has 0 unspecified atom stereocenters. The van der Waals surface area contributed by atoms with Crippen molar-refractivity contribution in [2.45, 2.75) is 26.4 Å². The Morgan fingerprint density at radius 2 is 2.07 bits per heavy atom. The van der Waals surface area contributed by atoms with Gasteiger partial charge < -0.3 is 9.84 Å². The van der Waals surface area contributed by atoms with Gasteiger partial charge in [0.15, 0.2) is 0 Å². The smallest absolute Gasteiger partial charge is 0.142 e. The summed E-state index contributed by atoms with van der Waals surface area (Å²) >= 11 is 6.02. The Balaban J connectivity index is 3.24. The van der Waals surface area contributed by atoms with Crippen LogP contribution in [0.5, 0.6) is 5.75 Å². The van der Waals surface area contributed by atoms with Gasteiger partial charge in [0.25, 0.3) is 0 Å². The molecule has 0 aliphatic carbocycles. The lowest BCUT2D eigenvalue weighted by atomic mass is 10.0. The molecule has 2 nitrogen and oxygen atoms in total. The van der Waals surface area contributed by atoms with Crippen LogP contribution in [0.2, 0.25) is 5.02 Å².